The van der Waals surface area contributed by atoms with Gasteiger partial charge in [-0.3, -0.25) is 0 Å². The number of fused-ring (bicyclic) bond motifs is 5. The van der Waals surface area contributed by atoms with Crippen LogP contribution in [-0.2, 0) is 5.60 Å². The largest absolute Gasteiger partial charge is 0.472 e. The highest BCUT2D eigenvalue weighted by atomic mass is 16.5. The number of rotatable bonds is 2. The Morgan fingerprint density at radius 1 is 0.471 bits per heavy atom. The van der Waals surface area contributed by atoms with Crippen LogP contribution in [0, 0.1) is 0 Å². The first-order valence-electron chi connectivity index (χ1n) is 11.7. The minimum atomic E-state index is -0.731. The molecule has 0 radical (unpaired) electrons. The summed E-state index contributed by atoms with van der Waals surface area (Å²) in [6.45, 7) is 0. The third-order valence-corrected chi connectivity index (χ3v) is 7.03. The van der Waals surface area contributed by atoms with E-state index >= 15 is 0 Å². The quantitative estimate of drug-likeness (QED) is 0.265. The van der Waals surface area contributed by atoms with Gasteiger partial charge in [-0.15, -0.1) is 0 Å². The van der Waals surface area contributed by atoms with Crippen molar-refractivity contribution in [1.29, 1.82) is 0 Å². The summed E-state index contributed by atoms with van der Waals surface area (Å²) in [6.07, 6.45) is 4.44. The van der Waals surface area contributed by atoms with Crippen LogP contribution < -0.4 is 4.74 Å². The van der Waals surface area contributed by atoms with E-state index in [2.05, 4.69) is 133 Å². The normalized spacial score (nSPS) is 14.2. The molecule has 160 valence electrons. The van der Waals surface area contributed by atoms with Crippen molar-refractivity contribution in [3.8, 4) is 5.75 Å². The van der Waals surface area contributed by atoms with Crippen LogP contribution in [0.2, 0.25) is 0 Å². The molecule has 1 aliphatic heterocycles. The Kier molecular flexibility index (Phi) is 4.13. The van der Waals surface area contributed by atoms with Crippen LogP contribution >= 0.6 is 0 Å². The van der Waals surface area contributed by atoms with Crippen LogP contribution in [0.5, 0.6) is 5.75 Å². The molecule has 7 rings (SSSR count). The second-order valence-corrected chi connectivity index (χ2v) is 9.00. The van der Waals surface area contributed by atoms with Gasteiger partial charge in [0.1, 0.15) is 5.75 Å². The average Bonchev–Trinajstić information content (AvgIpc) is 2.92. The third kappa shape index (κ3) is 2.87. The number of ether oxygens (including phenoxy) is 1. The molecule has 1 nitrogen and oxygen atoms in total. The molecule has 0 atom stereocenters. The van der Waals surface area contributed by atoms with Gasteiger partial charge in [0.2, 0.25) is 0 Å². The highest BCUT2D eigenvalue weighted by molar-refractivity contribution is 5.93. The molecule has 0 spiro atoms. The lowest BCUT2D eigenvalue weighted by atomic mass is 9.82. The Morgan fingerprint density at radius 3 is 1.65 bits per heavy atom. The smallest absolute Gasteiger partial charge is 0.178 e. The summed E-state index contributed by atoms with van der Waals surface area (Å²) in [6, 6.07) is 43.1. The van der Waals surface area contributed by atoms with Gasteiger partial charge in [0.05, 0.1) is 0 Å². The molecular weight excluding hydrogens is 412 g/mol. The molecule has 0 saturated heterocycles. The van der Waals surface area contributed by atoms with E-state index in [9.17, 15) is 0 Å². The van der Waals surface area contributed by atoms with E-state index in [1.165, 1.54) is 26.9 Å². The SMILES string of the molecule is C1=CC(c2ccc3ccccc3c2)(c2ccc3ccccc3c2)Oc2c1ccc1ccccc21. The summed E-state index contributed by atoms with van der Waals surface area (Å²) >= 11 is 0. The van der Waals surface area contributed by atoms with E-state index in [1.54, 1.807) is 0 Å². The molecule has 6 aromatic carbocycles. The standard InChI is InChI=1S/C33H22O/c1-3-10-27-21-29(17-15-23(27)7-1)33(30-18-16-24-8-2-4-11-28(24)22-30)20-19-26-14-13-25-9-5-6-12-31(25)32(26)34-33/h1-22H. The maximum atomic E-state index is 7.12. The Hall–Kier alpha value is -4.36. The topological polar surface area (TPSA) is 9.23 Å². The molecule has 0 saturated carbocycles. The minimum Gasteiger partial charge on any atom is -0.472 e. The molecule has 1 heteroatoms. The second kappa shape index (κ2) is 7.33. The van der Waals surface area contributed by atoms with Gasteiger partial charge in [0, 0.05) is 22.1 Å². The summed E-state index contributed by atoms with van der Waals surface area (Å²) in [7, 11) is 0. The van der Waals surface area contributed by atoms with Crippen LogP contribution in [-0.4, -0.2) is 0 Å². The summed E-state index contributed by atoms with van der Waals surface area (Å²) in [5.41, 5.74) is 2.62. The Bertz CT molecular complexity index is 1660. The van der Waals surface area contributed by atoms with Gasteiger partial charge in [-0.1, -0.05) is 115 Å². The van der Waals surface area contributed by atoms with Gasteiger partial charge in [0.15, 0.2) is 5.60 Å². The van der Waals surface area contributed by atoms with Crippen LogP contribution in [0.1, 0.15) is 16.7 Å². The molecule has 0 amide bonds. The number of benzene rings is 6. The Morgan fingerprint density at radius 2 is 1.00 bits per heavy atom. The second-order valence-electron chi connectivity index (χ2n) is 9.00. The predicted octanol–water partition coefficient (Wildman–Crippen LogP) is 8.50. The molecule has 0 aromatic heterocycles. The zero-order valence-corrected chi connectivity index (χ0v) is 18.6. The monoisotopic (exact) mass is 434 g/mol. The van der Waals surface area contributed by atoms with Crippen molar-refractivity contribution in [2.24, 2.45) is 0 Å². The van der Waals surface area contributed by atoms with Gasteiger partial charge in [-0.2, -0.15) is 0 Å². The summed E-state index contributed by atoms with van der Waals surface area (Å²) in [5, 5.41) is 7.19. The number of hydrogen-bond donors (Lipinski definition) is 0. The van der Waals surface area contributed by atoms with Gasteiger partial charge in [-0.25, -0.2) is 0 Å². The van der Waals surface area contributed by atoms with Gasteiger partial charge in [0.25, 0.3) is 0 Å². The highest BCUT2D eigenvalue weighted by Gasteiger charge is 2.38. The highest BCUT2D eigenvalue weighted by Crippen LogP contribution is 2.46. The summed E-state index contributed by atoms with van der Waals surface area (Å²) < 4.78 is 7.12. The zero-order chi connectivity index (χ0) is 22.5. The molecule has 0 aliphatic carbocycles. The molecule has 0 N–H and O–H groups in total. The fraction of sp³-hybridized carbons (Fsp3) is 0.0303. The van der Waals surface area contributed by atoms with Crippen molar-refractivity contribution in [3.63, 3.8) is 0 Å². The first-order chi connectivity index (χ1) is 16.8. The fourth-order valence-electron chi connectivity index (χ4n) is 5.22. The van der Waals surface area contributed by atoms with Crippen molar-refractivity contribution in [2.45, 2.75) is 5.60 Å². The third-order valence-electron chi connectivity index (χ3n) is 7.03. The molecule has 6 aromatic rings. The molecule has 1 heterocycles. The van der Waals surface area contributed by atoms with Crippen molar-refractivity contribution in [3.05, 3.63) is 144 Å². The average molecular weight is 435 g/mol. The summed E-state index contributed by atoms with van der Waals surface area (Å²) in [5.74, 6) is 0.932. The Balaban J connectivity index is 1.52. The molecule has 0 bridgehead atoms. The lowest BCUT2D eigenvalue weighted by Crippen LogP contribution is -2.34. The Labute approximate surface area is 198 Å². The van der Waals surface area contributed by atoms with Gasteiger partial charge < -0.3 is 4.74 Å². The van der Waals surface area contributed by atoms with Crippen molar-refractivity contribution >= 4 is 38.4 Å². The van der Waals surface area contributed by atoms with E-state index in [4.69, 9.17) is 4.74 Å². The van der Waals surface area contributed by atoms with Crippen LogP contribution in [0.3, 0.4) is 0 Å². The fourth-order valence-corrected chi connectivity index (χ4v) is 5.22. The van der Waals surface area contributed by atoms with E-state index in [0.717, 1.165) is 27.8 Å². The van der Waals surface area contributed by atoms with Gasteiger partial charge >= 0.3 is 0 Å². The van der Waals surface area contributed by atoms with Crippen LogP contribution in [0.15, 0.2) is 127 Å². The minimum absolute atomic E-state index is 0.731. The van der Waals surface area contributed by atoms with E-state index in [1.807, 2.05) is 0 Å². The van der Waals surface area contributed by atoms with E-state index in [0.29, 0.717) is 0 Å². The lowest BCUT2D eigenvalue weighted by molar-refractivity contribution is 0.164. The number of hydrogen-bond acceptors (Lipinski definition) is 1. The van der Waals surface area contributed by atoms with Gasteiger partial charge in [-0.05, 0) is 45.1 Å². The van der Waals surface area contributed by atoms with Crippen molar-refractivity contribution < 1.29 is 4.74 Å². The van der Waals surface area contributed by atoms with E-state index in [-0.39, 0.29) is 0 Å². The first-order valence-corrected chi connectivity index (χ1v) is 11.7. The van der Waals surface area contributed by atoms with Crippen molar-refractivity contribution in [1.82, 2.24) is 0 Å². The predicted molar refractivity (Wildman–Crippen MR) is 142 cm³/mol. The lowest BCUT2D eigenvalue weighted by Gasteiger charge is -2.37. The van der Waals surface area contributed by atoms with Crippen molar-refractivity contribution in [2.75, 3.05) is 0 Å². The maximum Gasteiger partial charge on any atom is 0.178 e. The molecule has 1 aliphatic rings. The molecular formula is C33H22O. The van der Waals surface area contributed by atoms with Crippen LogP contribution in [0.25, 0.3) is 38.4 Å². The summed E-state index contributed by atoms with van der Waals surface area (Å²) in [4.78, 5) is 0. The molecule has 0 fully saturated rings. The van der Waals surface area contributed by atoms with Crippen LogP contribution in [0.4, 0.5) is 0 Å². The van der Waals surface area contributed by atoms with E-state index < -0.39 is 5.60 Å². The molecule has 0 unspecified atom stereocenters. The zero-order valence-electron chi connectivity index (χ0n) is 18.6. The molecule has 34 heavy (non-hydrogen) atoms. The first kappa shape index (κ1) is 19.1. The maximum absolute atomic E-state index is 7.12.